The first-order valence-electron chi connectivity index (χ1n) is 7.82. The Balaban J connectivity index is 1.74. The van der Waals surface area contributed by atoms with Crippen LogP contribution < -0.4 is 0 Å². The maximum Gasteiger partial charge on any atom is 0.0955 e. The molecule has 1 saturated heterocycles. The van der Waals surface area contributed by atoms with Crippen molar-refractivity contribution in [3.05, 3.63) is 59.2 Å². The van der Waals surface area contributed by atoms with Gasteiger partial charge in [-0.05, 0) is 31.9 Å². The SMILES string of the molecule is Cc1cnc(CN2C[C@H](c3ccccc3C)OC[C@H]2C)cn1. The zero-order valence-corrected chi connectivity index (χ0v) is 13.5. The van der Waals surface area contributed by atoms with Crippen molar-refractivity contribution in [1.29, 1.82) is 0 Å². The van der Waals surface area contributed by atoms with Gasteiger partial charge in [0.25, 0.3) is 0 Å². The minimum Gasteiger partial charge on any atom is -0.371 e. The van der Waals surface area contributed by atoms with Crippen molar-refractivity contribution in [2.75, 3.05) is 13.2 Å². The van der Waals surface area contributed by atoms with E-state index in [1.54, 1.807) is 0 Å². The molecule has 2 aromatic rings. The fourth-order valence-corrected chi connectivity index (χ4v) is 2.87. The van der Waals surface area contributed by atoms with Gasteiger partial charge in [0.05, 0.1) is 24.1 Å². The monoisotopic (exact) mass is 297 g/mol. The summed E-state index contributed by atoms with van der Waals surface area (Å²) in [6, 6.07) is 8.86. The number of morpholine rings is 1. The Morgan fingerprint density at radius 2 is 2.00 bits per heavy atom. The van der Waals surface area contributed by atoms with Gasteiger partial charge in [0.2, 0.25) is 0 Å². The Morgan fingerprint density at radius 3 is 2.73 bits per heavy atom. The van der Waals surface area contributed by atoms with Gasteiger partial charge in [-0.2, -0.15) is 0 Å². The van der Waals surface area contributed by atoms with Gasteiger partial charge in [-0.3, -0.25) is 14.9 Å². The van der Waals surface area contributed by atoms with E-state index in [0.29, 0.717) is 6.04 Å². The quantitative estimate of drug-likeness (QED) is 0.873. The molecule has 2 atom stereocenters. The van der Waals surface area contributed by atoms with Gasteiger partial charge in [-0.15, -0.1) is 0 Å². The first kappa shape index (κ1) is 15.1. The van der Waals surface area contributed by atoms with Crippen molar-refractivity contribution in [2.45, 2.75) is 39.5 Å². The van der Waals surface area contributed by atoms with E-state index in [9.17, 15) is 0 Å². The highest BCUT2D eigenvalue weighted by Crippen LogP contribution is 2.27. The third kappa shape index (κ3) is 3.34. The molecule has 0 bridgehead atoms. The van der Waals surface area contributed by atoms with Gasteiger partial charge < -0.3 is 4.74 Å². The highest BCUT2D eigenvalue weighted by Gasteiger charge is 2.28. The second kappa shape index (κ2) is 6.55. The van der Waals surface area contributed by atoms with Gasteiger partial charge in [0.15, 0.2) is 0 Å². The van der Waals surface area contributed by atoms with Crippen LogP contribution in [0.5, 0.6) is 0 Å². The van der Waals surface area contributed by atoms with Crippen LogP contribution >= 0.6 is 0 Å². The predicted octanol–water partition coefficient (Wildman–Crippen LogP) is 3.06. The first-order valence-corrected chi connectivity index (χ1v) is 7.82. The number of hydrogen-bond acceptors (Lipinski definition) is 4. The fourth-order valence-electron chi connectivity index (χ4n) is 2.87. The number of ether oxygens (including phenoxy) is 1. The molecule has 4 nitrogen and oxygen atoms in total. The fraction of sp³-hybridized carbons (Fsp3) is 0.444. The van der Waals surface area contributed by atoms with Crippen molar-refractivity contribution in [3.8, 4) is 0 Å². The number of aryl methyl sites for hydroxylation is 2. The normalized spacial score (nSPS) is 22.7. The lowest BCUT2D eigenvalue weighted by atomic mass is 10.0. The first-order chi connectivity index (χ1) is 10.6. The molecule has 116 valence electrons. The molecule has 0 amide bonds. The maximum atomic E-state index is 6.07. The van der Waals surface area contributed by atoms with E-state index in [1.165, 1.54) is 11.1 Å². The summed E-state index contributed by atoms with van der Waals surface area (Å²) in [7, 11) is 0. The summed E-state index contributed by atoms with van der Waals surface area (Å²) >= 11 is 0. The van der Waals surface area contributed by atoms with Gasteiger partial charge in [0, 0.05) is 31.5 Å². The van der Waals surface area contributed by atoms with Gasteiger partial charge in [0.1, 0.15) is 0 Å². The number of hydrogen-bond donors (Lipinski definition) is 0. The van der Waals surface area contributed by atoms with Crippen LogP contribution in [0.3, 0.4) is 0 Å². The lowest BCUT2D eigenvalue weighted by Crippen LogP contribution is -2.44. The second-order valence-electron chi connectivity index (χ2n) is 6.11. The van der Waals surface area contributed by atoms with E-state index in [4.69, 9.17) is 4.74 Å². The highest BCUT2D eigenvalue weighted by molar-refractivity contribution is 5.28. The lowest BCUT2D eigenvalue weighted by Gasteiger charge is -2.38. The Labute approximate surface area is 132 Å². The Morgan fingerprint density at radius 1 is 1.18 bits per heavy atom. The van der Waals surface area contributed by atoms with Crippen LogP contribution in [0.4, 0.5) is 0 Å². The molecule has 0 spiro atoms. The summed E-state index contributed by atoms with van der Waals surface area (Å²) in [5, 5.41) is 0. The summed E-state index contributed by atoms with van der Waals surface area (Å²) in [4.78, 5) is 11.2. The number of aromatic nitrogens is 2. The van der Waals surface area contributed by atoms with E-state index in [-0.39, 0.29) is 6.10 Å². The summed E-state index contributed by atoms with van der Waals surface area (Å²) < 4.78 is 6.07. The molecule has 1 aromatic carbocycles. The molecular weight excluding hydrogens is 274 g/mol. The third-order valence-electron chi connectivity index (χ3n) is 4.30. The molecular formula is C18H23N3O. The molecule has 1 aliphatic rings. The summed E-state index contributed by atoms with van der Waals surface area (Å²) in [6.45, 7) is 8.77. The molecule has 4 heteroatoms. The molecule has 3 rings (SSSR count). The number of nitrogens with zero attached hydrogens (tertiary/aromatic N) is 3. The molecule has 1 aromatic heterocycles. The molecule has 0 N–H and O–H groups in total. The van der Waals surface area contributed by atoms with Crippen molar-refractivity contribution in [2.24, 2.45) is 0 Å². The zero-order chi connectivity index (χ0) is 15.5. The van der Waals surface area contributed by atoms with Crippen molar-refractivity contribution >= 4 is 0 Å². The van der Waals surface area contributed by atoms with Crippen LogP contribution in [-0.2, 0) is 11.3 Å². The molecule has 0 unspecified atom stereocenters. The zero-order valence-electron chi connectivity index (χ0n) is 13.5. The molecule has 1 aliphatic heterocycles. The standard InChI is InChI=1S/C18H23N3O/c1-13-6-4-5-7-17(13)18-11-21(15(3)12-22-18)10-16-9-19-14(2)8-20-16/h4-9,15,18H,10-12H2,1-3H3/t15-,18-/m1/s1. The van der Waals surface area contributed by atoms with E-state index in [1.807, 2.05) is 19.3 Å². The Kier molecular flexibility index (Phi) is 4.50. The van der Waals surface area contributed by atoms with Crippen LogP contribution in [0.25, 0.3) is 0 Å². The minimum atomic E-state index is 0.135. The summed E-state index contributed by atoms with van der Waals surface area (Å²) in [5.74, 6) is 0. The van der Waals surface area contributed by atoms with Crippen LogP contribution in [0.1, 0.15) is 35.5 Å². The molecule has 0 radical (unpaired) electrons. The molecule has 0 saturated carbocycles. The van der Waals surface area contributed by atoms with Gasteiger partial charge >= 0.3 is 0 Å². The van der Waals surface area contributed by atoms with E-state index in [2.05, 4.69) is 53.0 Å². The predicted molar refractivity (Wildman–Crippen MR) is 86.5 cm³/mol. The average Bonchev–Trinajstić information content (AvgIpc) is 2.52. The van der Waals surface area contributed by atoms with Crippen molar-refractivity contribution < 1.29 is 4.74 Å². The summed E-state index contributed by atoms with van der Waals surface area (Å²) in [5.41, 5.74) is 4.55. The molecule has 22 heavy (non-hydrogen) atoms. The van der Waals surface area contributed by atoms with Crippen LogP contribution in [0, 0.1) is 13.8 Å². The van der Waals surface area contributed by atoms with Crippen molar-refractivity contribution in [3.63, 3.8) is 0 Å². The Bertz CT molecular complexity index is 626. The molecule has 0 aliphatic carbocycles. The highest BCUT2D eigenvalue weighted by atomic mass is 16.5. The Hall–Kier alpha value is -1.78. The largest absolute Gasteiger partial charge is 0.371 e. The number of benzene rings is 1. The van der Waals surface area contributed by atoms with Crippen molar-refractivity contribution in [1.82, 2.24) is 14.9 Å². The molecule has 2 heterocycles. The molecule has 1 fully saturated rings. The minimum absolute atomic E-state index is 0.135. The summed E-state index contributed by atoms with van der Waals surface area (Å²) in [6.07, 6.45) is 3.84. The van der Waals surface area contributed by atoms with E-state index < -0.39 is 0 Å². The topological polar surface area (TPSA) is 38.2 Å². The maximum absolute atomic E-state index is 6.07. The van der Waals surface area contributed by atoms with Gasteiger partial charge in [-0.25, -0.2) is 0 Å². The van der Waals surface area contributed by atoms with Crippen LogP contribution in [-0.4, -0.2) is 34.1 Å². The van der Waals surface area contributed by atoms with Crippen LogP contribution in [0.15, 0.2) is 36.7 Å². The smallest absolute Gasteiger partial charge is 0.0955 e. The lowest BCUT2D eigenvalue weighted by molar-refractivity contribution is -0.0639. The van der Waals surface area contributed by atoms with Crippen LogP contribution in [0.2, 0.25) is 0 Å². The average molecular weight is 297 g/mol. The van der Waals surface area contributed by atoms with E-state index >= 15 is 0 Å². The number of rotatable bonds is 3. The third-order valence-corrected chi connectivity index (χ3v) is 4.30. The van der Waals surface area contributed by atoms with E-state index in [0.717, 1.165) is 31.1 Å². The van der Waals surface area contributed by atoms with Gasteiger partial charge in [-0.1, -0.05) is 24.3 Å². The second-order valence-corrected chi connectivity index (χ2v) is 6.11.